The number of nitrogens with zero attached hydrogens (tertiary/aromatic N) is 1. The van der Waals surface area contributed by atoms with Crippen LogP contribution in [0.2, 0.25) is 0 Å². The van der Waals surface area contributed by atoms with E-state index in [0.717, 1.165) is 61.7 Å². The van der Waals surface area contributed by atoms with Gasteiger partial charge in [0, 0.05) is 38.3 Å². The minimum absolute atomic E-state index is 0.0409. The third-order valence-electron chi connectivity index (χ3n) is 4.10. The first-order valence-corrected chi connectivity index (χ1v) is 9.07. The first-order chi connectivity index (χ1) is 11.3. The lowest BCUT2D eigenvalue weighted by Crippen LogP contribution is -2.44. The molecule has 4 nitrogen and oxygen atoms in total. The molecule has 1 fully saturated rings. The van der Waals surface area contributed by atoms with Crippen LogP contribution >= 0.6 is 11.3 Å². The zero-order valence-electron chi connectivity index (χ0n) is 13.3. The summed E-state index contributed by atoms with van der Waals surface area (Å²) in [5, 5.41) is 8.40. The Morgan fingerprint density at radius 3 is 2.74 bits per heavy atom. The lowest BCUT2D eigenvalue weighted by atomic mass is 10.1. The predicted molar refractivity (Wildman–Crippen MR) is 96.0 cm³/mol. The molecule has 1 aromatic carbocycles. The molecule has 0 bridgehead atoms. The molecule has 1 aliphatic rings. The van der Waals surface area contributed by atoms with Crippen LogP contribution in [0.1, 0.15) is 16.1 Å². The first kappa shape index (κ1) is 16.2. The highest BCUT2D eigenvalue weighted by atomic mass is 32.1. The van der Waals surface area contributed by atoms with E-state index in [2.05, 4.69) is 15.5 Å². The largest absolute Gasteiger partial charge is 0.351 e. The Morgan fingerprint density at radius 1 is 1.17 bits per heavy atom. The van der Waals surface area contributed by atoms with Crippen molar-refractivity contribution < 1.29 is 4.79 Å². The van der Waals surface area contributed by atoms with Crippen molar-refractivity contribution in [1.29, 1.82) is 0 Å². The lowest BCUT2D eigenvalue weighted by molar-refractivity contribution is 0.0956. The molecule has 5 heteroatoms. The Labute approximate surface area is 141 Å². The smallest absolute Gasteiger partial charge is 0.261 e. The molecule has 1 amide bonds. The summed E-state index contributed by atoms with van der Waals surface area (Å²) >= 11 is 1.51. The van der Waals surface area contributed by atoms with Crippen LogP contribution in [-0.2, 0) is 0 Å². The number of amides is 1. The number of thiophene rings is 1. The summed E-state index contributed by atoms with van der Waals surface area (Å²) in [6, 6.07) is 12.1. The van der Waals surface area contributed by atoms with Crippen LogP contribution in [-0.4, -0.2) is 50.1 Å². The van der Waals surface area contributed by atoms with Gasteiger partial charge in [0.2, 0.25) is 0 Å². The van der Waals surface area contributed by atoms with Gasteiger partial charge >= 0.3 is 0 Å². The number of benzene rings is 1. The van der Waals surface area contributed by atoms with E-state index in [1.807, 2.05) is 41.8 Å². The Balaban J connectivity index is 1.50. The van der Waals surface area contributed by atoms with Crippen LogP contribution in [0, 0.1) is 0 Å². The molecular weight excluding hydrogens is 306 g/mol. The van der Waals surface area contributed by atoms with Gasteiger partial charge in [0.05, 0.1) is 4.88 Å². The number of piperazine rings is 1. The molecule has 1 saturated heterocycles. The van der Waals surface area contributed by atoms with E-state index >= 15 is 0 Å². The minimum Gasteiger partial charge on any atom is -0.351 e. The van der Waals surface area contributed by atoms with Gasteiger partial charge in [0.15, 0.2) is 0 Å². The summed E-state index contributed by atoms with van der Waals surface area (Å²) in [6.07, 6.45) is 0.998. The zero-order valence-corrected chi connectivity index (χ0v) is 14.1. The van der Waals surface area contributed by atoms with Gasteiger partial charge in [-0.05, 0) is 30.0 Å². The second-order valence-corrected chi connectivity index (χ2v) is 6.65. The highest BCUT2D eigenvalue weighted by Gasteiger charge is 2.14. The number of carbonyl (C=O) groups excluding carboxylic acids is 1. The summed E-state index contributed by atoms with van der Waals surface area (Å²) in [6.45, 7) is 6.14. The normalized spacial score (nSPS) is 15.5. The Hall–Kier alpha value is -1.69. The monoisotopic (exact) mass is 329 g/mol. The maximum absolute atomic E-state index is 12.4. The standard InChI is InChI=1S/C18H23N3OS/c22-18(20-8-4-11-21-12-9-19-10-13-21)17-16(7-14-23-17)15-5-2-1-3-6-15/h1-3,5-7,14,19H,4,8-13H2,(H,20,22). The average molecular weight is 329 g/mol. The highest BCUT2D eigenvalue weighted by Crippen LogP contribution is 2.27. The van der Waals surface area contributed by atoms with Crippen molar-refractivity contribution >= 4 is 17.2 Å². The molecule has 0 aliphatic carbocycles. The van der Waals surface area contributed by atoms with Gasteiger partial charge in [0.1, 0.15) is 0 Å². The van der Waals surface area contributed by atoms with E-state index in [1.54, 1.807) is 0 Å². The molecule has 3 rings (SSSR count). The summed E-state index contributed by atoms with van der Waals surface area (Å²) in [7, 11) is 0. The average Bonchev–Trinajstić information content (AvgIpc) is 3.10. The third kappa shape index (κ3) is 4.41. The molecule has 0 radical (unpaired) electrons. The summed E-state index contributed by atoms with van der Waals surface area (Å²) in [5.41, 5.74) is 2.12. The van der Waals surface area contributed by atoms with Gasteiger partial charge in [-0.3, -0.25) is 4.79 Å². The summed E-state index contributed by atoms with van der Waals surface area (Å²) < 4.78 is 0. The number of nitrogens with one attached hydrogen (secondary N) is 2. The van der Waals surface area contributed by atoms with Crippen LogP contribution in [0.4, 0.5) is 0 Å². The van der Waals surface area contributed by atoms with Gasteiger partial charge in [-0.1, -0.05) is 30.3 Å². The topological polar surface area (TPSA) is 44.4 Å². The van der Waals surface area contributed by atoms with Crippen LogP contribution in [0.5, 0.6) is 0 Å². The summed E-state index contributed by atoms with van der Waals surface area (Å²) in [4.78, 5) is 15.7. The maximum atomic E-state index is 12.4. The van der Waals surface area contributed by atoms with Gasteiger partial charge in [-0.25, -0.2) is 0 Å². The molecule has 2 N–H and O–H groups in total. The molecule has 122 valence electrons. The van der Waals surface area contributed by atoms with Crippen molar-refractivity contribution in [2.24, 2.45) is 0 Å². The van der Waals surface area contributed by atoms with E-state index < -0.39 is 0 Å². The number of rotatable bonds is 6. The van der Waals surface area contributed by atoms with Gasteiger partial charge in [0.25, 0.3) is 5.91 Å². The van der Waals surface area contributed by atoms with E-state index in [0.29, 0.717) is 0 Å². The predicted octanol–water partition coefficient (Wildman–Crippen LogP) is 2.44. The van der Waals surface area contributed by atoms with Crippen molar-refractivity contribution in [2.45, 2.75) is 6.42 Å². The third-order valence-corrected chi connectivity index (χ3v) is 5.02. The first-order valence-electron chi connectivity index (χ1n) is 8.19. The second-order valence-electron chi connectivity index (χ2n) is 5.73. The van der Waals surface area contributed by atoms with Crippen molar-refractivity contribution in [2.75, 3.05) is 39.3 Å². The van der Waals surface area contributed by atoms with E-state index in [-0.39, 0.29) is 5.91 Å². The molecule has 2 heterocycles. The SMILES string of the molecule is O=C(NCCCN1CCNCC1)c1sccc1-c1ccccc1. The molecule has 0 unspecified atom stereocenters. The number of carbonyl (C=O) groups is 1. The molecule has 23 heavy (non-hydrogen) atoms. The molecule has 2 aromatic rings. The fourth-order valence-electron chi connectivity index (χ4n) is 2.85. The Morgan fingerprint density at radius 2 is 1.96 bits per heavy atom. The fraction of sp³-hybridized carbons (Fsp3) is 0.389. The lowest BCUT2D eigenvalue weighted by Gasteiger charge is -2.27. The van der Waals surface area contributed by atoms with Crippen LogP contribution in [0.3, 0.4) is 0 Å². The fourth-order valence-corrected chi connectivity index (χ4v) is 3.68. The number of hydrogen-bond acceptors (Lipinski definition) is 4. The van der Waals surface area contributed by atoms with E-state index in [9.17, 15) is 4.79 Å². The molecule has 1 aromatic heterocycles. The molecular formula is C18H23N3OS. The quantitative estimate of drug-likeness (QED) is 0.800. The maximum Gasteiger partial charge on any atom is 0.261 e. The number of hydrogen-bond donors (Lipinski definition) is 2. The van der Waals surface area contributed by atoms with Crippen LogP contribution < -0.4 is 10.6 Å². The van der Waals surface area contributed by atoms with Crippen molar-refractivity contribution in [3.8, 4) is 11.1 Å². The Kier molecular flexibility index (Phi) is 5.80. The molecule has 0 saturated carbocycles. The van der Waals surface area contributed by atoms with Crippen molar-refractivity contribution in [3.63, 3.8) is 0 Å². The van der Waals surface area contributed by atoms with Crippen molar-refractivity contribution in [1.82, 2.24) is 15.5 Å². The van der Waals surface area contributed by atoms with Gasteiger partial charge < -0.3 is 15.5 Å². The van der Waals surface area contributed by atoms with Gasteiger partial charge in [-0.2, -0.15) is 0 Å². The molecule has 1 aliphatic heterocycles. The summed E-state index contributed by atoms with van der Waals surface area (Å²) in [5.74, 6) is 0.0409. The molecule has 0 atom stereocenters. The van der Waals surface area contributed by atoms with Gasteiger partial charge in [-0.15, -0.1) is 11.3 Å². The van der Waals surface area contributed by atoms with Crippen LogP contribution in [0.25, 0.3) is 11.1 Å². The van der Waals surface area contributed by atoms with Crippen LogP contribution in [0.15, 0.2) is 41.8 Å². The molecule has 0 spiro atoms. The zero-order chi connectivity index (χ0) is 15.9. The highest BCUT2D eigenvalue weighted by molar-refractivity contribution is 7.12. The second kappa shape index (κ2) is 8.24. The Bertz CT molecular complexity index is 620. The van der Waals surface area contributed by atoms with Crippen molar-refractivity contribution in [3.05, 3.63) is 46.7 Å². The van der Waals surface area contributed by atoms with E-state index in [4.69, 9.17) is 0 Å². The van der Waals surface area contributed by atoms with E-state index in [1.165, 1.54) is 11.3 Å². The minimum atomic E-state index is 0.0409.